The van der Waals surface area contributed by atoms with Crippen molar-refractivity contribution in [3.63, 3.8) is 0 Å². The molecule has 36 heavy (non-hydrogen) atoms. The van der Waals surface area contributed by atoms with E-state index in [0.29, 0.717) is 5.92 Å². The Balaban J connectivity index is 1.55. The molecule has 0 radical (unpaired) electrons. The summed E-state index contributed by atoms with van der Waals surface area (Å²) >= 11 is 0. The first kappa shape index (κ1) is 23.7. The molecule has 4 heteroatoms. The quantitative estimate of drug-likeness (QED) is 0.411. The average molecular weight is 485 g/mol. The van der Waals surface area contributed by atoms with Gasteiger partial charge in [0.2, 0.25) is 0 Å². The molecule has 0 amide bonds. The smallest absolute Gasteiger partial charge is 0.123 e. The summed E-state index contributed by atoms with van der Waals surface area (Å²) < 4.78 is 14.0. The van der Waals surface area contributed by atoms with Gasteiger partial charge in [-0.15, -0.1) is 0 Å². The number of benzene rings is 2. The summed E-state index contributed by atoms with van der Waals surface area (Å²) in [5, 5.41) is 11.6. The second-order valence-corrected chi connectivity index (χ2v) is 11.7. The van der Waals surface area contributed by atoms with Gasteiger partial charge in [-0.3, -0.25) is 4.98 Å². The van der Waals surface area contributed by atoms with Crippen molar-refractivity contribution in [1.29, 1.82) is 0 Å². The van der Waals surface area contributed by atoms with Crippen LogP contribution in [-0.2, 0) is 12.8 Å². The first-order chi connectivity index (χ1) is 17.4. The van der Waals surface area contributed by atoms with Crippen LogP contribution < -0.4 is 4.90 Å². The van der Waals surface area contributed by atoms with Crippen LogP contribution in [0.3, 0.4) is 0 Å². The zero-order valence-electron chi connectivity index (χ0n) is 21.6. The molecule has 0 bridgehead atoms. The highest BCUT2D eigenvalue weighted by Gasteiger charge is 2.45. The van der Waals surface area contributed by atoms with Crippen molar-refractivity contribution in [2.24, 2.45) is 5.41 Å². The molecule has 3 aromatic rings. The fourth-order valence-electron chi connectivity index (χ4n) is 6.98. The van der Waals surface area contributed by atoms with E-state index in [-0.39, 0.29) is 11.2 Å². The first-order valence-corrected chi connectivity index (χ1v) is 13.7. The van der Waals surface area contributed by atoms with Crippen LogP contribution in [0.2, 0.25) is 0 Å². The molecule has 2 fully saturated rings. The number of aliphatic hydroxyl groups is 1. The van der Waals surface area contributed by atoms with Gasteiger partial charge in [0.25, 0.3) is 0 Å². The van der Waals surface area contributed by atoms with Crippen LogP contribution in [0.1, 0.15) is 91.5 Å². The molecule has 2 saturated carbocycles. The van der Waals surface area contributed by atoms with Crippen LogP contribution >= 0.6 is 0 Å². The lowest BCUT2D eigenvalue weighted by atomic mass is 9.59. The molecule has 1 heterocycles. The third-order valence-electron chi connectivity index (χ3n) is 9.07. The molecule has 3 aliphatic rings. The highest BCUT2D eigenvalue weighted by Crippen LogP contribution is 2.55. The van der Waals surface area contributed by atoms with E-state index in [1.165, 1.54) is 67.5 Å². The summed E-state index contributed by atoms with van der Waals surface area (Å²) in [7, 11) is 4.12. The van der Waals surface area contributed by atoms with Crippen molar-refractivity contribution in [3.8, 4) is 11.1 Å². The largest absolute Gasteiger partial charge is 0.388 e. The van der Waals surface area contributed by atoms with Crippen molar-refractivity contribution in [3.05, 3.63) is 82.4 Å². The molecule has 1 unspecified atom stereocenters. The Morgan fingerprint density at radius 1 is 0.972 bits per heavy atom. The molecule has 1 spiro atoms. The third-order valence-corrected chi connectivity index (χ3v) is 9.07. The lowest BCUT2D eigenvalue weighted by Crippen LogP contribution is -2.38. The fourth-order valence-corrected chi connectivity index (χ4v) is 6.98. The number of aromatic nitrogens is 1. The van der Waals surface area contributed by atoms with Gasteiger partial charge in [0.1, 0.15) is 5.82 Å². The van der Waals surface area contributed by atoms with E-state index in [0.717, 1.165) is 41.6 Å². The van der Waals surface area contributed by atoms with E-state index >= 15 is 0 Å². The number of nitrogens with zero attached hydrogens (tertiary/aromatic N) is 2. The number of pyridine rings is 1. The Morgan fingerprint density at radius 3 is 2.28 bits per heavy atom. The molecule has 1 atom stereocenters. The van der Waals surface area contributed by atoms with Gasteiger partial charge >= 0.3 is 0 Å². The Morgan fingerprint density at radius 2 is 1.67 bits per heavy atom. The van der Waals surface area contributed by atoms with Crippen LogP contribution in [0.4, 0.5) is 10.1 Å². The molecular formula is C32H37FN2O. The maximum Gasteiger partial charge on any atom is 0.123 e. The number of hydrogen-bond acceptors (Lipinski definition) is 3. The molecular weight excluding hydrogens is 447 g/mol. The second-order valence-electron chi connectivity index (χ2n) is 11.7. The number of fused-ring (bicyclic) bond motifs is 1. The Kier molecular flexibility index (Phi) is 6.11. The Labute approximate surface area is 214 Å². The minimum Gasteiger partial charge on any atom is -0.388 e. The first-order valence-electron chi connectivity index (χ1n) is 13.7. The standard InChI is InChI=1S/C32H37FN2O/c1-35(2)25-14-8-21(9-15-25)18-26-29(22-10-12-24(33)13-11-22)30-27(34-31(26)23-6-3-4-7-23)19-32(16-5-17-32)20-28(30)36/h8-15,23,28,36H,3-7,16-20H2,1-2H3. The summed E-state index contributed by atoms with van der Waals surface area (Å²) in [5.74, 6) is 0.231. The van der Waals surface area contributed by atoms with E-state index in [1.54, 1.807) is 12.1 Å². The van der Waals surface area contributed by atoms with Crippen LogP contribution in [0.25, 0.3) is 11.1 Å². The number of halogens is 1. The summed E-state index contributed by atoms with van der Waals surface area (Å²) in [6.45, 7) is 0. The number of hydrogen-bond donors (Lipinski definition) is 1. The maximum atomic E-state index is 14.0. The summed E-state index contributed by atoms with van der Waals surface area (Å²) in [6.07, 6.45) is 10.5. The van der Waals surface area contributed by atoms with Crippen LogP contribution in [-0.4, -0.2) is 24.2 Å². The minimum absolute atomic E-state index is 0.218. The van der Waals surface area contributed by atoms with Gasteiger partial charge in [-0.1, -0.05) is 43.5 Å². The van der Waals surface area contributed by atoms with Crippen LogP contribution in [0.15, 0.2) is 48.5 Å². The predicted octanol–water partition coefficient (Wildman–Crippen LogP) is 7.35. The van der Waals surface area contributed by atoms with E-state index < -0.39 is 6.10 Å². The SMILES string of the molecule is CN(C)c1ccc(Cc2c(C3CCCC3)nc3c(c2-c2ccc(F)cc2)C(O)CC2(CCC2)C3)cc1. The highest BCUT2D eigenvalue weighted by atomic mass is 19.1. The van der Waals surface area contributed by atoms with Crippen LogP contribution in [0.5, 0.6) is 0 Å². The van der Waals surface area contributed by atoms with Crippen molar-refractivity contribution in [2.45, 2.75) is 76.2 Å². The van der Waals surface area contributed by atoms with E-state index in [9.17, 15) is 9.50 Å². The topological polar surface area (TPSA) is 36.4 Å². The highest BCUT2D eigenvalue weighted by molar-refractivity contribution is 5.74. The third kappa shape index (κ3) is 4.24. The average Bonchev–Trinajstić information content (AvgIpc) is 3.39. The van der Waals surface area contributed by atoms with E-state index in [4.69, 9.17) is 4.98 Å². The zero-order chi connectivity index (χ0) is 24.9. The van der Waals surface area contributed by atoms with E-state index in [1.807, 2.05) is 12.1 Å². The van der Waals surface area contributed by atoms with Gasteiger partial charge in [0.15, 0.2) is 0 Å². The maximum absolute atomic E-state index is 14.0. The van der Waals surface area contributed by atoms with Crippen molar-refractivity contribution in [1.82, 2.24) is 4.98 Å². The van der Waals surface area contributed by atoms with Crippen molar-refractivity contribution < 1.29 is 9.50 Å². The molecule has 1 aromatic heterocycles. The zero-order valence-corrected chi connectivity index (χ0v) is 21.6. The minimum atomic E-state index is -0.519. The molecule has 1 N–H and O–H groups in total. The van der Waals surface area contributed by atoms with Gasteiger partial charge in [0.05, 0.1) is 6.10 Å². The lowest BCUT2D eigenvalue weighted by Gasteiger charge is -2.47. The van der Waals surface area contributed by atoms with Crippen LogP contribution in [0, 0.1) is 11.2 Å². The normalized spacial score (nSPS) is 20.8. The molecule has 188 valence electrons. The molecule has 3 nitrogen and oxygen atoms in total. The summed E-state index contributed by atoms with van der Waals surface area (Å²) in [4.78, 5) is 7.54. The molecule has 0 aliphatic heterocycles. The Bertz CT molecular complexity index is 1240. The van der Waals surface area contributed by atoms with Crippen molar-refractivity contribution >= 4 is 5.69 Å². The van der Waals surface area contributed by atoms with Gasteiger partial charge in [0, 0.05) is 42.7 Å². The molecule has 0 saturated heterocycles. The molecule has 6 rings (SSSR count). The fraction of sp³-hybridized carbons (Fsp3) is 0.469. The molecule has 3 aliphatic carbocycles. The number of rotatable bonds is 5. The second kappa shape index (κ2) is 9.30. The monoisotopic (exact) mass is 484 g/mol. The van der Waals surface area contributed by atoms with Crippen molar-refractivity contribution in [2.75, 3.05) is 19.0 Å². The van der Waals surface area contributed by atoms with Gasteiger partial charge in [-0.05, 0) is 96.9 Å². The Hall–Kier alpha value is -2.72. The summed E-state index contributed by atoms with van der Waals surface area (Å²) in [6, 6.07) is 15.6. The predicted molar refractivity (Wildman–Crippen MR) is 144 cm³/mol. The number of aliphatic hydroxyl groups excluding tert-OH is 1. The summed E-state index contributed by atoms with van der Waals surface area (Å²) in [5.41, 5.74) is 9.30. The van der Waals surface area contributed by atoms with Gasteiger partial charge < -0.3 is 10.0 Å². The van der Waals surface area contributed by atoms with E-state index in [2.05, 4.69) is 43.3 Å². The number of anilines is 1. The van der Waals surface area contributed by atoms with Gasteiger partial charge in [-0.25, -0.2) is 4.39 Å². The van der Waals surface area contributed by atoms with Gasteiger partial charge in [-0.2, -0.15) is 0 Å². The molecule has 2 aromatic carbocycles. The lowest BCUT2D eigenvalue weighted by molar-refractivity contribution is 0.0247.